The van der Waals surface area contributed by atoms with Gasteiger partial charge in [-0.2, -0.15) is 12.7 Å². The largest absolute Gasteiger partial charge is 0.497 e. The Bertz CT molecular complexity index is 1330. The van der Waals surface area contributed by atoms with Crippen molar-refractivity contribution in [3.63, 3.8) is 0 Å². The Balaban J connectivity index is 1.69. The van der Waals surface area contributed by atoms with E-state index in [9.17, 15) is 21.6 Å². The predicted molar refractivity (Wildman–Crippen MR) is 131 cm³/mol. The number of carbonyl (C=O) groups is 1. The number of benzene rings is 1. The zero-order valence-corrected chi connectivity index (χ0v) is 22.1. The van der Waals surface area contributed by atoms with Gasteiger partial charge in [-0.15, -0.1) is 0 Å². The number of aromatic nitrogens is 1. The minimum absolute atomic E-state index is 0.0571. The topological polar surface area (TPSA) is 132 Å². The highest BCUT2D eigenvalue weighted by atomic mass is 32.2. The fourth-order valence-electron chi connectivity index (χ4n) is 3.71. The Morgan fingerprint density at radius 2 is 1.86 bits per heavy atom. The van der Waals surface area contributed by atoms with Gasteiger partial charge < -0.3 is 9.47 Å². The summed E-state index contributed by atoms with van der Waals surface area (Å²) in [4.78, 5) is 17.0. The summed E-state index contributed by atoms with van der Waals surface area (Å²) >= 11 is 0. The van der Waals surface area contributed by atoms with Gasteiger partial charge in [0.15, 0.2) is 0 Å². The number of methoxy groups -OCH3 is 1. The maximum atomic E-state index is 13.4. The summed E-state index contributed by atoms with van der Waals surface area (Å²) in [5.74, 6) is 0.645. The number of hydrogen-bond acceptors (Lipinski definition) is 9. The van der Waals surface area contributed by atoms with Gasteiger partial charge in [0.05, 0.1) is 36.9 Å². The van der Waals surface area contributed by atoms with Crippen LogP contribution in [0.15, 0.2) is 42.6 Å². The van der Waals surface area contributed by atoms with Crippen molar-refractivity contribution in [2.45, 2.75) is 57.1 Å². The molecule has 4 rings (SSSR count). The molecule has 11 nitrogen and oxygen atoms in total. The molecule has 1 amide bonds. The summed E-state index contributed by atoms with van der Waals surface area (Å²) in [6.07, 6.45) is 1.42. The fourth-order valence-corrected chi connectivity index (χ4v) is 6.65. The lowest BCUT2D eigenvalue weighted by Crippen LogP contribution is -2.39. The van der Waals surface area contributed by atoms with Crippen molar-refractivity contribution < 1.29 is 35.3 Å². The second-order valence-electron chi connectivity index (χ2n) is 9.57. The zero-order chi connectivity index (χ0) is 26.3. The molecule has 1 aliphatic heterocycles. The molecule has 1 saturated heterocycles. The van der Waals surface area contributed by atoms with Gasteiger partial charge in [-0.1, -0.05) is 12.1 Å². The Hall–Kier alpha value is -2.90. The molecule has 0 spiro atoms. The van der Waals surface area contributed by atoms with E-state index in [0.29, 0.717) is 28.6 Å². The molecule has 2 aromatic rings. The fraction of sp³-hybridized carbons (Fsp3) is 0.478. The monoisotopic (exact) mass is 539 g/mol. The standard InChI is InChI=1S/C23H29N3O8S2/c1-23(2,3)34-22(27)26-21(15-33-36(26,30)31)20-13-17(11-12-24-20)25(35(28,29)19-9-10-19)14-16-5-7-18(32-4)8-6-16/h5-8,11-13,19,21H,9-10,14-15H2,1-4H3. The van der Waals surface area contributed by atoms with Crippen molar-refractivity contribution in [2.24, 2.45) is 0 Å². The summed E-state index contributed by atoms with van der Waals surface area (Å²) in [6.45, 7) is 4.53. The smallest absolute Gasteiger partial charge is 0.426 e. The van der Waals surface area contributed by atoms with Crippen LogP contribution in [0, 0.1) is 0 Å². The van der Waals surface area contributed by atoms with Gasteiger partial charge in [0.2, 0.25) is 10.0 Å². The quantitative estimate of drug-likeness (QED) is 0.520. The van der Waals surface area contributed by atoms with Crippen LogP contribution < -0.4 is 9.04 Å². The van der Waals surface area contributed by atoms with Crippen molar-refractivity contribution in [2.75, 3.05) is 18.0 Å². The van der Waals surface area contributed by atoms with Crippen LogP contribution in [0.2, 0.25) is 0 Å². The average molecular weight is 540 g/mol. The number of amides is 1. The van der Waals surface area contributed by atoms with Crippen LogP contribution >= 0.6 is 0 Å². The molecule has 2 fully saturated rings. The predicted octanol–water partition coefficient (Wildman–Crippen LogP) is 3.14. The third kappa shape index (κ3) is 5.57. The molecular weight excluding hydrogens is 510 g/mol. The molecule has 1 aromatic heterocycles. The number of anilines is 1. The SMILES string of the molecule is COc1ccc(CN(c2ccnc(C3COS(=O)(=O)N3C(=O)OC(C)(C)C)c2)S(=O)(=O)C2CC2)cc1. The van der Waals surface area contributed by atoms with Crippen LogP contribution in [0.1, 0.15) is 50.9 Å². The normalized spacial score (nSPS) is 19.7. The van der Waals surface area contributed by atoms with E-state index >= 15 is 0 Å². The maximum Gasteiger partial charge on any atom is 0.426 e. The second-order valence-corrected chi connectivity index (χ2v) is 13.2. The summed E-state index contributed by atoms with van der Waals surface area (Å²) in [5, 5.41) is -0.485. The van der Waals surface area contributed by atoms with E-state index in [1.165, 1.54) is 22.6 Å². The van der Waals surface area contributed by atoms with Gasteiger partial charge in [0.25, 0.3) is 0 Å². The highest BCUT2D eigenvalue weighted by Gasteiger charge is 2.47. The molecule has 36 heavy (non-hydrogen) atoms. The first-order valence-corrected chi connectivity index (χ1v) is 14.2. The molecule has 1 aliphatic carbocycles. The number of rotatable bonds is 7. The summed E-state index contributed by atoms with van der Waals surface area (Å²) in [5.41, 5.74) is 0.254. The first-order valence-electron chi connectivity index (χ1n) is 11.3. The number of sulfonamides is 1. The van der Waals surface area contributed by atoms with Crippen LogP contribution in [-0.2, 0) is 35.8 Å². The number of ether oxygens (including phenoxy) is 2. The first kappa shape index (κ1) is 26.2. The molecule has 196 valence electrons. The zero-order valence-electron chi connectivity index (χ0n) is 20.4. The van der Waals surface area contributed by atoms with Gasteiger partial charge in [0.1, 0.15) is 17.4 Å². The molecular formula is C23H29N3O8S2. The van der Waals surface area contributed by atoms with E-state index in [1.807, 2.05) is 0 Å². The van der Waals surface area contributed by atoms with Crippen LogP contribution in [-0.4, -0.2) is 56.8 Å². The van der Waals surface area contributed by atoms with Crippen molar-refractivity contribution in [1.82, 2.24) is 9.29 Å². The van der Waals surface area contributed by atoms with E-state index in [0.717, 1.165) is 5.56 Å². The average Bonchev–Trinajstić information content (AvgIpc) is 3.61. The van der Waals surface area contributed by atoms with Gasteiger partial charge in [0, 0.05) is 6.20 Å². The Morgan fingerprint density at radius 3 is 2.44 bits per heavy atom. The van der Waals surface area contributed by atoms with Crippen LogP contribution in [0.4, 0.5) is 10.5 Å². The van der Waals surface area contributed by atoms with E-state index in [-0.39, 0.29) is 18.8 Å². The highest BCUT2D eigenvalue weighted by Crippen LogP contribution is 2.37. The molecule has 1 aromatic carbocycles. The minimum Gasteiger partial charge on any atom is -0.497 e. The minimum atomic E-state index is -4.40. The molecule has 2 heterocycles. The summed E-state index contributed by atoms with van der Waals surface area (Å²) in [7, 11) is -6.55. The molecule has 13 heteroatoms. The van der Waals surface area contributed by atoms with Crippen molar-refractivity contribution in [1.29, 1.82) is 0 Å². The number of carbonyl (C=O) groups excluding carboxylic acids is 1. The van der Waals surface area contributed by atoms with Gasteiger partial charge >= 0.3 is 16.4 Å². The van der Waals surface area contributed by atoms with Gasteiger partial charge in [-0.3, -0.25) is 13.5 Å². The second kappa shape index (κ2) is 9.52. The number of pyridine rings is 1. The lowest BCUT2D eigenvalue weighted by Gasteiger charge is -2.27. The van der Waals surface area contributed by atoms with Crippen molar-refractivity contribution >= 4 is 32.1 Å². The van der Waals surface area contributed by atoms with E-state index in [4.69, 9.17) is 13.7 Å². The molecule has 1 saturated carbocycles. The van der Waals surface area contributed by atoms with Gasteiger partial charge in [-0.05, 0) is 63.4 Å². The molecule has 0 bridgehead atoms. The summed E-state index contributed by atoms with van der Waals surface area (Å²) < 4.78 is 68.9. The first-order chi connectivity index (χ1) is 16.8. The highest BCUT2D eigenvalue weighted by molar-refractivity contribution is 7.93. The summed E-state index contributed by atoms with van der Waals surface area (Å²) in [6, 6.07) is 8.93. The third-order valence-electron chi connectivity index (χ3n) is 5.60. The Morgan fingerprint density at radius 1 is 1.19 bits per heavy atom. The maximum absolute atomic E-state index is 13.4. The lowest BCUT2D eigenvalue weighted by molar-refractivity contribution is 0.0354. The van der Waals surface area contributed by atoms with Gasteiger partial charge in [-0.25, -0.2) is 13.2 Å². The molecule has 1 atom stereocenters. The molecule has 2 aliphatic rings. The van der Waals surface area contributed by atoms with Crippen molar-refractivity contribution in [3.8, 4) is 5.75 Å². The van der Waals surface area contributed by atoms with E-state index in [1.54, 1.807) is 52.1 Å². The number of nitrogens with zero attached hydrogens (tertiary/aromatic N) is 3. The van der Waals surface area contributed by atoms with Crippen LogP contribution in [0.5, 0.6) is 5.75 Å². The van der Waals surface area contributed by atoms with Crippen molar-refractivity contribution in [3.05, 3.63) is 53.9 Å². The number of hydrogen-bond donors (Lipinski definition) is 0. The molecule has 1 unspecified atom stereocenters. The third-order valence-corrected chi connectivity index (χ3v) is 9.19. The van der Waals surface area contributed by atoms with E-state index < -0.39 is 43.3 Å². The molecule has 0 N–H and O–H groups in total. The molecule has 0 radical (unpaired) electrons. The Kier molecular flexibility index (Phi) is 6.92. The van der Waals surface area contributed by atoms with E-state index in [2.05, 4.69) is 4.98 Å². The Labute approximate surface area is 211 Å². The van der Waals surface area contributed by atoms with Crippen LogP contribution in [0.25, 0.3) is 0 Å². The van der Waals surface area contributed by atoms with Crippen LogP contribution in [0.3, 0.4) is 0 Å². The lowest BCUT2D eigenvalue weighted by atomic mass is 10.1.